The zero-order chi connectivity index (χ0) is 17.0. The topological polar surface area (TPSA) is 78.4 Å². The molecule has 0 radical (unpaired) electrons. The average molecular weight is 340 g/mol. The molecule has 23 heavy (non-hydrogen) atoms. The lowest BCUT2D eigenvalue weighted by atomic mass is 9.99. The van der Waals surface area contributed by atoms with Crippen LogP contribution in [0.4, 0.5) is 14.5 Å². The highest BCUT2D eigenvalue weighted by Gasteiger charge is 2.25. The molecule has 2 aromatic rings. The van der Waals surface area contributed by atoms with Gasteiger partial charge in [-0.3, -0.25) is 9.59 Å². The summed E-state index contributed by atoms with van der Waals surface area (Å²) in [7, 11) is 0. The van der Waals surface area contributed by atoms with Gasteiger partial charge in [0.05, 0.1) is 6.54 Å². The third kappa shape index (κ3) is 4.57. The molecular weight excluding hydrogens is 326 g/mol. The summed E-state index contributed by atoms with van der Waals surface area (Å²) in [6.45, 7) is 1.31. The molecule has 0 bridgehead atoms. The van der Waals surface area contributed by atoms with Gasteiger partial charge in [0, 0.05) is 11.8 Å². The molecule has 0 saturated carbocycles. The maximum atomic E-state index is 13.0. The van der Waals surface area contributed by atoms with Crippen molar-refractivity contribution in [2.24, 2.45) is 0 Å². The molecule has 1 unspecified atom stereocenters. The highest BCUT2D eigenvalue weighted by atomic mass is 32.1. The third-order valence-corrected chi connectivity index (χ3v) is 3.75. The van der Waals surface area contributed by atoms with E-state index >= 15 is 0 Å². The van der Waals surface area contributed by atoms with Gasteiger partial charge in [0.25, 0.3) is 0 Å². The van der Waals surface area contributed by atoms with E-state index in [0.29, 0.717) is 11.6 Å². The van der Waals surface area contributed by atoms with Gasteiger partial charge < -0.3 is 15.7 Å². The maximum Gasteiger partial charge on any atom is 0.313 e. The van der Waals surface area contributed by atoms with Crippen LogP contribution in [-0.2, 0) is 15.2 Å². The van der Waals surface area contributed by atoms with Gasteiger partial charge in [0.1, 0.15) is 17.2 Å². The van der Waals surface area contributed by atoms with Crippen LogP contribution in [0.2, 0.25) is 0 Å². The summed E-state index contributed by atoms with van der Waals surface area (Å²) in [5.41, 5.74) is -0.899. The molecule has 1 aromatic carbocycles. The molecule has 3 N–H and O–H groups in total. The lowest BCUT2D eigenvalue weighted by Crippen LogP contribution is -2.43. The number of carbonyl (C=O) groups excluding carboxylic acids is 2. The van der Waals surface area contributed by atoms with Crippen LogP contribution in [0.3, 0.4) is 0 Å². The van der Waals surface area contributed by atoms with Gasteiger partial charge in [0.15, 0.2) is 0 Å². The van der Waals surface area contributed by atoms with Gasteiger partial charge in [-0.05, 0) is 41.4 Å². The number of rotatable bonds is 4. The highest BCUT2D eigenvalue weighted by molar-refractivity contribution is 7.08. The number of halogens is 2. The Balaban J connectivity index is 1.94. The first-order valence-electron chi connectivity index (χ1n) is 6.58. The van der Waals surface area contributed by atoms with E-state index in [-0.39, 0.29) is 12.2 Å². The Morgan fingerprint density at radius 3 is 2.43 bits per heavy atom. The Bertz CT molecular complexity index is 697. The van der Waals surface area contributed by atoms with Crippen LogP contribution in [0.15, 0.2) is 35.0 Å². The molecule has 1 aromatic heterocycles. The number of nitrogens with one attached hydrogen (secondary N) is 2. The fraction of sp³-hybridized carbons (Fsp3) is 0.200. The van der Waals surface area contributed by atoms with E-state index in [0.717, 1.165) is 12.1 Å². The van der Waals surface area contributed by atoms with Crippen molar-refractivity contribution < 1.29 is 23.5 Å². The summed E-state index contributed by atoms with van der Waals surface area (Å²) in [6, 6.07) is 4.12. The summed E-state index contributed by atoms with van der Waals surface area (Å²) in [4.78, 5) is 23.4. The standard InChI is InChI=1S/C15H14F2N2O3S/c1-15(22,9-2-3-23-7-9)8-18-13(20)14(21)19-12-5-10(16)4-11(17)6-12/h2-7,22H,8H2,1H3,(H,18,20)(H,19,21). The lowest BCUT2D eigenvalue weighted by molar-refractivity contribution is -0.136. The smallest absolute Gasteiger partial charge is 0.313 e. The fourth-order valence-corrected chi connectivity index (χ4v) is 2.60. The summed E-state index contributed by atoms with van der Waals surface area (Å²) < 4.78 is 26.0. The van der Waals surface area contributed by atoms with E-state index in [4.69, 9.17) is 0 Å². The second-order valence-electron chi connectivity index (χ2n) is 5.08. The zero-order valence-corrected chi connectivity index (χ0v) is 12.9. The van der Waals surface area contributed by atoms with Crippen LogP contribution in [-0.4, -0.2) is 23.5 Å². The Labute approximate surface area is 135 Å². The average Bonchev–Trinajstić information content (AvgIpc) is 2.98. The molecule has 1 heterocycles. The van der Waals surface area contributed by atoms with E-state index in [1.54, 1.807) is 16.8 Å². The SMILES string of the molecule is CC(O)(CNC(=O)C(=O)Nc1cc(F)cc(F)c1)c1ccsc1. The monoisotopic (exact) mass is 340 g/mol. The zero-order valence-electron chi connectivity index (χ0n) is 12.1. The van der Waals surface area contributed by atoms with Gasteiger partial charge in [-0.25, -0.2) is 8.78 Å². The molecule has 0 saturated heterocycles. The van der Waals surface area contributed by atoms with Gasteiger partial charge in [0.2, 0.25) is 0 Å². The minimum absolute atomic E-state index is 0.174. The van der Waals surface area contributed by atoms with Crippen molar-refractivity contribution in [2.45, 2.75) is 12.5 Å². The summed E-state index contributed by atoms with van der Waals surface area (Å²) in [5, 5.41) is 18.1. The third-order valence-electron chi connectivity index (χ3n) is 3.06. The highest BCUT2D eigenvalue weighted by Crippen LogP contribution is 2.22. The molecule has 0 fully saturated rings. The molecule has 8 heteroatoms. The minimum atomic E-state index is -1.33. The van der Waals surface area contributed by atoms with Crippen LogP contribution >= 0.6 is 11.3 Å². The normalized spacial score (nSPS) is 13.2. The van der Waals surface area contributed by atoms with Crippen molar-refractivity contribution in [2.75, 3.05) is 11.9 Å². The van der Waals surface area contributed by atoms with Crippen LogP contribution in [0.1, 0.15) is 12.5 Å². The Hall–Kier alpha value is -2.32. The van der Waals surface area contributed by atoms with Crippen LogP contribution < -0.4 is 10.6 Å². The molecule has 0 aliphatic rings. The number of amides is 2. The lowest BCUT2D eigenvalue weighted by Gasteiger charge is -2.22. The molecule has 5 nitrogen and oxygen atoms in total. The number of hydrogen-bond donors (Lipinski definition) is 3. The van der Waals surface area contributed by atoms with Crippen molar-refractivity contribution in [1.29, 1.82) is 0 Å². The maximum absolute atomic E-state index is 13.0. The summed E-state index contributed by atoms with van der Waals surface area (Å²) >= 11 is 1.39. The number of anilines is 1. The Kier molecular flexibility index (Phi) is 5.07. The van der Waals surface area contributed by atoms with Gasteiger partial charge >= 0.3 is 11.8 Å². The van der Waals surface area contributed by atoms with Crippen molar-refractivity contribution in [1.82, 2.24) is 5.32 Å². The molecule has 2 rings (SSSR count). The van der Waals surface area contributed by atoms with Crippen LogP contribution in [0, 0.1) is 11.6 Å². The molecule has 0 spiro atoms. The molecule has 1 atom stereocenters. The Morgan fingerprint density at radius 2 is 1.87 bits per heavy atom. The number of carbonyl (C=O) groups is 2. The number of benzene rings is 1. The van der Waals surface area contributed by atoms with E-state index in [2.05, 4.69) is 10.6 Å². The Morgan fingerprint density at radius 1 is 1.22 bits per heavy atom. The van der Waals surface area contributed by atoms with E-state index in [9.17, 15) is 23.5 Å². The molecular formula is C15H14F2N2O3S. The summed E-state index contributed by atoms with van der Waals surface area (Å²) in [5.74, 6) is -3.86. The first kappa shape index (κ1) is 17.0. The van der Waals surface area contributed by atoms with Crippen LogP contribution in [0.25, 0.3) is 0 Å². The van der Waals surface area contributed by atoms with Gasteiger partial charge in [-0.2, -0.15) is 11.3 Å². The van der Waals surface area contributed by atoms with E-state index < -0.39 is 29.0 Å². The predicted octanol–water partition coefficient (Wildman–Crippen LogP) is 1.99. The molecule has 122 valence electrons. The van der Waals surface area contributed by atoms with Gasteiger partial charge in [-0.1, -0.05) is 0 Å². The van der Waals surface area contributed by atoms with Gasteiger partial charge in [-0.15, -0.1) is 0 Å². The molecule has 0 aliphatic heterocycles. The molecule has 0 aliphatic carbocycles. The van der Waals surface area contributed by atoms with E-state index in [1.165, 1.54) is 18.3 Å². The number of aliphatic hydroxyl groups is 1. The summed E-state index contributed by atoms with van der Waals surface area (Å²) in [6.07, 6.45) is 0. The number of hydrogen-bond acceptors (Lipinski definition) is 4. The largest absolute Gasteiger partial charge is 0.384 e. The second kappa shape index (κ2) is 6.84. The fourth-order valence-electron chi connectivity index (χ4n) is 1.82. The van der Waals surface area contributed by atoms with Crippen LogP contribution in [0.5, 0.6) is 0 Å². The minimum Gasteiger partial charge on any atom is -0.384 e. The molecule has 2 amide bonds. The second-order valence-corrected chi connectivity index (χ2v) is 5.86. The van der Waals surface area contributed by atoms with Crippen molar-refractivity contribution in [3.8, 4) is 0 Å². The van der Waals surface area contributed by atoms with Crippen molar-refractivity contribution in [3.63, 3.8) is 0 Å². The van der Waals surface area contributed by atoms with E-state index in [1.807, 2.05) is 0 Å². The first-order chi connectivity index (χ1) is 10.8. The number of thiophene rings is 1. The first-order valence-corrected chi connectivity index (χ1v) is 7.52. The van der Waals surface area contributed by atoms with Crippen molar-refractivity contribution >= 4 is 28.8 Å². The predicted molar refractivity (Wildman–Crippen MR) is 81.9 cm³/mol. The van der Waals surface area contributed by atoms with Crippen molar-refractivity contribution in [3.05, 3.63) is 52.2 Å². The quantitative estimate of drug-likeness (QED) is 0.745.